The standard InChI is InChI=1S/C40H33ClF2N6O3S/c1-19-47-48-38(52-19)31-27(16-21-9-8-20-15-23(41)10-11-24(20)21)45-34-28-6-4-14-49(28)39(50)33(34)32(31)30-17-22-12-13-44-37(35(22)53-30)46-36-25-5-3-7-29(51-2)26(25)18-40(36,42)43/h3,5,7,10-13,15,17,21,28,36H,4,6,8-9,14,16,18H2,1-2H3,(H,44,46)/t21-,28?,36-/m1/s1. The van der Waals surface area contributed by atoms with Gasteiger partial charge in [-0.15, -0.1) is 21.5 Å². The molecular weight excluding hydrogens is 718 g/mol. The lowest BCUT2D eigenvalue weighted by atomic mass is 9.89. The summed E-state index contributed by atoms with van der Waals surface area (Å²) in [4.78, 5) is 27.0. The van der Waals surface area contributed by atoms with Gasteiger partial charge in [-0.2, -0.15) is 0 Å². The van der Waals surface area contributed by atoms with Crippen LogP contribution in [0.3, 0.4) is 0 Å². The zero-order chi connectivity index (χ0) is 36.2. The maximum atomic E-state index is 15.7. The van der Waals surface area contributed by atoms with Crippen LogP contribution in [0.5, 0.6) is 5.75 Å². The van der Waals surface area contributed by atoms with Crippen molar-refractivity contribution in [2.24, 2.45) is 0 Å². The molecule has 10 rings (SSSR count). The summed E-state index contributed by atoms with van der Waals surface area (Å²) in [6.45, 7) is 2.40. The molecule has 0 spiro atoms. The number of rotatable bonds is 7. The summed E-state index contributed by atoms with van der Waals surface area (Å²) in [7, 11) is 1.49. The van der Waals surface area contributed by atoms with Gasteiger partial charge in [0, 0.05) is 47.1 Å². The molecule has 1 fully saturated rings. The number of halogens is 3. The van der Waals surface area contributed by atoms with Gasteiger partial charge in [0.1, 0.15) is 17.6 Å². The lowest BCUT2D eigenvalue weighted by Gasteiger charge is -2.22. The van der Waals surface area contributed by atoms with Gasteiger partial charge in [-0.3, -0.25) is 9.78 Å². The molecule has 268 valence electrons. The smallest absolute Gasteiger partial charge is 0.276 e. The fourth-order valence-corrected chi connectivity index (χ4v) is 10.4. The first kappa shape index (κ1) is 32.7. The van der Waals surface area contributed by atoms with Gasteiger partial charge in [0.15, 0.2) is 0 Å². The van der Waals surface area contributed by atoms with E-state index >= 15 is 8.78 Å². The number of nitrogens with one attached hydrogen (secondary N) is 1. The first-order valence-corrected chi connectivity index (χ1v) is 19.0. The summed E-state index contributed by atoms with van der Waals surface area (Å²) in [6.07, 6.45) is 5.38. The second-order valence-electron chi connectivity index (χ2n) is 14.4. The van der Waals surface area contributed by atoms with Crippen LogP contribution >= 0.6 is 22.9 Å². The lowest BCUT2D eigenvalue weighted by Crippen LogP contribution is -2.28. The maximum absolute atomic E-state index is 15.7. The summed E-state index contributed by atoms with van der Waals surface area (Å²) in [5, 5.41) is 13.3. The number of carbonyl (C=O) groups excluding carboxylic acids is 1. The molecule has 1 amide bonds. The Kier molecular flexibility index (Phi) is 7.43. The third-order valence-corrected chi connectivity index (χ3v) is 12.7. The van der Waals surface area contributed by atoms with Gasteiger partial charge >= 0.3 is 0 Å². The van der Waals surface area contributed by atoms with Crippen LogP contribution in [0.2, 0.25) is 5.02 Å². The number of methoxy groups -OCH3 is 1. The highest BCUT2D eigenvalue weighted by atomic mass is 35.5. The van der Waals surface area contributed by atoms with E-state index in [0.29, 0.717) is 68.8 Å². The number of aryl methyl sites for hydroxylation is 2. The topological polar surface area (TPSA) is 106 Å². The Morgan fingerprint density at radius 3 is 2.81 bits per heavy atom. The van der Waals surface area contributed by atoms with Crippen molar-refractivity contribution in [3.63, 3.8) is 0 Å². The highest BCUT2D eigenvalue weighted by Gasteiger charge is 2.49. The highest BCUT2D eigenvalue weighted by Crippen LogP contribution is 2.53. The number of nitrogens with zero attached hydrogens (tertiary/aromatic N) is 5. The Morgan fingerprint density at radius 2 is 1.98 bits per heavy atom. The van der Waals surface area contributed by atoms with E-state index in [9.17, 15) is 4.79 Å². The van der Waals surface area contributed by atoms with Crippen molar-refractivity contribution in [2.45, 2.75) is 69.4 Å². The number of hydrogen-bond acceptors (Lipinski definition) is 9. The molecule has 1 N–H and O–H groups in total. The third kappa shape index (κ3) is 5.09. The molecule has 13 heteroatoms. The van der Waals surface area contributed by atoms with Crippen LogP contribution in [-0.4, -0.2) is 50.5 Å². The number of fused-ring (bicyclic) bond motifs is 6. The SMILES string of the molecule is COc1cccc2c1CC(F)(F)[C@@H]2Nc1nccc2cc(-c3c4c(nc(C[C@H]5CCc6cc(Cl)ccc65)c3-c3nnc(C)o3)C3CCCN3C4=O)sc12. The van der Waals surface area contributed by atoms with Gasteiger partial charge in [-0.25, -0.2) is 13.8 Å². The predicted octanol–water partition coefficient (Wildman–Crippen LogP) is 9.29. The summed E-state index contributed by atoms with van der Waals surface area (Å²) in [5.74, 6) is -1.50. The molecule has 1 saturated heterocycles. The molecule has 2 aromatic carbocycles. The summed E-state index contributed by atoms with van der Waals surface area (Å²) >= 11 is 7.78. The van der Waals surface area contributed by atoms with Crippen LogP contribution in [0.25, 0.3) is 32.0 Å². The number of anilines is 1. The van der Waals surface area contributed by atoms with Crippen LogP contribution < -0.4 is 10.1 Å². The van der Waals surface area contributed by atoms with E-state index in [-0.39, 0.29) is 17.9 Å². The first-order valence-electron chi connectivity index (χ1n) is 17.8. The van der Waals surface area contributed by atoms with E-state index in [4.69, 9.17) is 25.7 Å². The minimum absolute atomic E-state index is 0.0695. The van der Waals surface area contributed by atoms with Crippen molar-refractivity contribution in [3.8, 4) is 27.6 Å². The second-order valence-corrected chi connectivity index (χ2v) is 15.9. The minimum atomic E-state index is -3.08. The number of carbonyl (C=O) groups is 1. The van der Waals surface area contributed by atoms with E-state index < -0.39 is 18.4 Å². The molecule has 6 heterocycles. The van der Waals surface area contributed by atoms with Gasteiger partial charge in [-0.05, 0) is 90.4 Å². The van der Waals surface area contributed by atoms with Crippen LogP contribution in [0, 0.1) is 6.92 Å². The number of thiophene rings is 1. The fourth-order valence-electron chi connectivity index (χ4n) is 9.00. The molecule has 0 bridgehead atoms. The molecule has 3 atom stereocenters. The van der Waals surface area contributed by atoms with E-state index in [1.165, 1.54) is 29.6 Å². The van der Waals surface area contributed by atoms with E-state index in [0.717, 1.165) is 52.4 Å². The Bertz CT molecular complexity index is 2500. The second kappa shape index (κ2) is 12.0. The number of amides is 1. The average Bonchev–Trinajstić information content (AvgIpc) is 3.99. The molecule has 0 saturated carbocycles. The van der Waals surface area contributed by atoms with Crippen molar-refractivity contribution in [1.82, 2.24) is 25.1 Å². The Hall–Kier alpha value is -4.94. The Morgan fingerprint density at radius 1 is 1.09 bits per heavy atom. The highest BCUT2D eigenvalue weighted by molar-refractivity contribution is 7.23. The van der Waals surface area contributed by atoms with Crippen molar-refractivity contribution in [3.05, 3.63) is 105 Å². The van der Waals surface area contributed by atoms with Crippen molar-refractivity contribution in [1.29, 1.82) is 0 Å². The largest absolute Gasteiger partial charge is 0.496 e. The van der Waals surface area contributed by atoms with Crippen molar-refractivity contribution >= 4 is 44.7 Å². The Labute approximate surface area is 312 Å². The summed E-state index contributed by atoms with van der Waals surface area (Å²) in [6, 6.07) is 13.7. The van der Waals surface area contributed by atoms with E-state index in [2.05, 4.69) is 26.6 Å². The number of hydrogen-bond donors (Lipinski definition) is 1. The molecule has 6 aromatic rings. The first-order chi connectivity index (χ1) is 25.7. The van der Waals surface area contributed by atoms with Crippen LogP contribution in [-0.2, 0) is 19.3 Å². The quantitative estimate of drug-likeness (QED) is 0.172. The molecule has 0 radical (unpaired) electrons. The zero-order valence-corrected chi connectivity index (χ0v) is 30.5. The number of aromatic nitrogens is 4. The third-order valence-electron chi connectivity index (χ3n) is 11.3. The molecule has 53 heavy (non-hydrogen) atoms. The van der Waals surface area contributed by atoms with Crippen LogP contribution in [0.15, 0.2) is 59.1 Å². The number of ether oxygens (including phenoxy) is 1. The minimum Gasteiger partial charge on any atom is -0.496 e. The molecule has 1 unspecified atom stereocenters. The molecule has 2 aliphatic carbocycles. The predicted molar refractivity (Wildman–Crippen MR) is 198 cm³/mol. The number of alkyl halides is 2. The molecule has 9 nitrogen and oxygen atoms in total. The molecule has 4 aromatic heterocycles. The summed E-state index contributed by atoms with van der Waals surface area (Å²) in [5.41, 5.74) is 6.90. The molecule has 4 aliphatic rings. The van der Waals surface area contributed by atoms with Gasteiger partial charge < -0.3 is 19.4 Å². The average molecular weight is 751 g/mol. The van der Waals surface area contributed by atoms with Gasteiger partial charge in [0.2, 0.25) is 11.8 Å². The monoisotopic (exact) mass is 750 g/mol. The lowest BCUT2D eigenvalue weighted by molar-refractivity contribution is -0.00734. The molecular formula is C40H33ClF2N6O3S. The van der Waals surface area contributed by atoms with Gasteiger partial charge in [0.25, 0.3) is 11.8 Å². The Balaban J connectivity index is 1.15. The van der Waals surface area contributed by atoms with Crippen molar-refractivity contribution in [2.75, 3.05) is 19.0 Å². The van der Waals surface area contributed by atoms with Crippen LogP contribution in [0.4, 0.5) is 14.6 Å². The van der Waals surface area contributed by atoms with Crippen LogP contribution in [0.1, 0.15) is 87.2 Å². The van der Waals surface area contributed by atoms with Gasteiger partial charge in [0.05, 0.1) is 40.4 Å². The normalized spacial score (nSPS) is 20.9. The summed E-state index contributed by atoms with van der Waals surface area (Å²) < 4.78 is 43.7. The number of benzene rings is 2. The van der Waals surface area contributed by atoms with Gasteiger partial charge in [-0.1, -0.05) is 29.8 Å². The van der Waals surface area contributed by atoms with E-state index in [1.807, 2.05) is 29.2 Å². The zero-order valence-electron chi connectivity index (χ0n) is 28.9. The molecule has 2 aliphatic heterocycles. The van der Waals surface area contributed by atoms with E-state index in [1.54, 1.807) is 31.3 Å². The number of pyridine rings is 2. The maximum Gasteiger partial charge on any atom is 0.276 e. The van der Waals surface area contributed by atoms with Crippen molar-refractivity contribution < 1.29 is 22.7 Å². The fraction of sp³-hybridized carbons (Fsp3) is 0.325.